The van der Waals surface area contributed by atoms with Crippen molar-refractivity contribution in [2.24, 2.45) is 0 Å². The summed E-state index contributed by atoms with van der Waals surface area (Å²) < 4.78 is 39.0. The van der Waals surface area contributed by atoms with Crippen LogP contribution in [0.2, 0.25) is 0 Å². The minimum atomic E-state index is -4.38. The third-order valence-corrected chi connectivity index (χ3v) is 3.98. The van der Waals surface area contributed by atoms with E-state index in [1.54, 1.807) is 31.2 Å². The molecule has 0 bridgehead atoms. The van der Waals surface area contributed by atoms with Gasteiger partial charge in [0.15, 0.2) is 0 Å². The first-order chi connectivity index (χ1) is 9.93. The van der Waals surface area contributed by atoms with Crippen LogP contribution in [0.4, 0.5) is 13.2 Å². The Bertz CT molecular complexity index is 634. The quantitative estimate of drug-likeness (QED) is 0.887. The molecule has 0 unspecified atom stereocenters. The smallest absolute Gasteiger partial charge is 0.352 e. The number of halogens is 3. The minimum absolute atomic E-state index is 0.132. The van der Waals surface area contributed by atoms with Crippen LogP contribution in [0.3, 0.4) is 0 Å². The molecule has 6 heteroatoms. The lowest BCUT2D eigenvalue weighted by atomic mass is 10.0. The second kappa shape index (κ2) is 6.30. The third kappa shape index (κ3) is 3.64. The summed E-state index contributed by atoms with van der Waals surface area (Å²) >= 11 is 1.05. The van der Waals surface area contributed by atoms with Crippen LogP contribution in [0.25, 0.3) is 10.4 Å². The van der Waals surface area contributed by atoms with Crippen LogP contribution in [-0.4, -0.2) is 5.91 Å². The van der Waals surface area contributed by atoms with Crippen LogP contribution in [0, 0.1) is 0 Å². The van der Waals surface area contributed by atoms with Crippen molar-refractivity contribution >= 4 is 17.2 Å². The Labute approximate surface area is 124 Å². The fourth-order valence-electron chi connectivity index (χ4n) is 1.96. The molecule has 0 aliphatic rings. The summed E-state index contributed by atoms with van der Waals surface area (Å²) in [7, 11) is 0. The second-order valence-electron chi connectivity index (χ2n) is 4.45. The molecule has 0 fully saturated rings. The number of alkyl halides is 3. The van der Waals surface area contributed by atoms with Gasteiger partial charge < -0.3 is 5.32 Å². The summed E-state index contributed by atoms with van der Waals surface area (Å²) in [6.07, 6.45) is -4.04. The van der Waals surface area contributed by atoms with Crippen LogP contribution < -0.4 is 5.32 Å². The molecule has 0 radical (unpaired) electrons. The summed E-state index contributed by atoms with van der Waals surface area (Å²) in [6.45, 7) is 1.94. The molecule has 1 amide bonds. The fraction of sp³-hybridized carbons (Fsp3) is 0.267. The predicted molar refractivity (Wildman–Crippen MR) is 76.9 cm³/mol. The molecule has 0 saturated carbocycles. The topological polar surface area (TPSA) is 29.1 Å². The number of carbonyl (C=O) groups is 1. The molecule has 2 aromatic rings. The van der Waals surface area contributed by atoms with E-state index < -0.39 is 11.7 Å². The summed E-state index contributed by atoms with van der Waals surface area (Å²) in [5.41, 5.74) is 0.547. The number of hydrogen-bond donors (Lipinski definition) is 1. The Hall–Kier alpha value is -1.82. The molecule has 1 heterocycles. The molecule has 1 aromatic carbocycles. The van der Waals surface area contributed by atoms with Gasteiger partial charge in [-0.2, -0.15) is 13.2 Å². The number of thiophene rings is 1. The van der Waals surface area contributed by atoms with Crippen LogP contribution in [0.15, 0.2) is 35.7 Å². The third-order valence-electron chi connectivity index (χ3n) is 3.03. The Morgan fingerprint density at radius 2 is 1.95 bits per heavy atom. The van der Waals surface area contributed by atoms with Gasteiger partial charge in [0.25, 0.3) is 0 Å². The zero-order valence-corrected chi connectivity index (χ0v) is 12.1. The van der Waals surface area contributed by atoms with Crippen molar-refractivity contribution in [2.75, 3.05) is 0 Å². The summed E-state index contributed by atoms with van der Waals surface area (Å²) in [5.74, 6) is -0.132. The van der Waals surface area contributed by atoms with Crippen molar-refractivity contribution in [2.45, 2.75) is 26.1 Å². The van der Waals surface area contributed by atoms with Crippen molar-refractivity contribution in [3.8, 4) is 10.4 Å². The standard InChI is InChI=1S/C15H14F3NOS/c1-2-13(20)19-9-10-5-3-4-6-11(10)14-12(7-8-21-14)15(16,17)18/h3-8H,2,9H2,1H3,(H,19,20). The van der Waals surface area contributed by atoms with Gasteiger partial charge in [-0.05, 0) is 22.6 Å². The average Bonchev–Trinajstić information content (AvgIpc) is 2.94. The molecular weight excluding hydrogens is 299 g/mol. The van der Waals surface area contributed by atoms with Crippen molar-refractivity contribution < 1.29 is 18.0 Å². The lowest BCUT2D eigenvalue weighted by molar-refractivity contribution is -0.136. The number of benzene rings is 1. The fourth-order valence-corrected chi connectivity index (χ4v) is 2.93. The van der Waals surface area contributed by atoms with E-state index in [0.29, 0.717) is 17.5 Å². The summed E-state index contributed by atoms with van der Waals surface area (Å²) in [4.78, 5) is 11.5. The number of nitrogens with one attached hydrogen (secondary N) is 1. The first-order valence-electron chi connectivity index (χ1n) is 6.43. The molecule has 2 nitrogen and oxygen atoms in total. The Morgan fingerprint density at radius 1 is 1.24 bits per heavy atom. The van der Waals surface area contributed by atoms with E-state index in [-0.39, 0.29) is 17.3 Å². The molecule has 0 spiro atoms. The minimum Gasteiger partial charge on any atom is -0.352 e. The monoisotopic (exact) mass is 313 g/mol. The molecule has 0 aliphatic heterocycles. The Kier molecular flexibility index (Phi) is 4.67. The van der Waals surface area contributed by atoms with E-state index in [2.05, 4.69) is 5.32 Å². The molecular formula is C15H14F3NOS. The van der Waals surface area contributed by atoms with E-state index >= 15 is 0 Å². The lowest BCUT2D eigenvalue weighted by Crippen LogP contribution is -2.21. The lowest BCUT2D eigenvalue weighted by Gasteiger charge is -2.12. The maximum Gasteiger partial charge on any atom is 0.417 e. The first-order valence-corrected chi connectivity index (χ1v) is 7.31. The maximum atomic E-state index is 13.0. The van der Waals surface area contributed by atoms with E-state index in [1.165, 1.54) is 5.38 Å². The molecule has 1 N–H and O–H groups in total. The van der Waals surface area contributed by atoms with Crippen LogP contribution in [-0.2, 0) is 17.5 Å². The first kappa shape index (κ1) is 15.6. The van der Waals surface area contributed by atoms with E-state index in [1.807, 2.05) is 0 Å². The molecule has 0 aliphatic carbocycles. The molecule has 21 heavy (non-hydrogen) atoms. The highest BCUT2D eigenvalue weighted by Crippen LogP contribution is 2.41. The van der Waals surface area contributed by atoms with Gasteiger partial charge in [0, 0.05) is 17.8 Å². The SMILES string of the molecule is CCC(=O)NCc1ccccc1-c1sccc1C(F)(F)F. The van der Waals surface area contributed by atoms with Crippen LogP contribution in [0.1, 0.15) is 24.5 Å². The van der Waals surface area contributed by atoms with Crippen molar-refractivity contribution in [1.29, 1.82) is 0 Å². The van der Waals surface area contributed by atoms with Crippen molar-refractivity contribution in [3.63, 3.8) is 0 Å². The van der Waals surface area contributed by atoms with E-state index in [4.69, 9.17) is 0 Å². The van der Waals surface area contributed by atoms with Gasteiger partial charge in [-0.3, -0.25) is 4.79 Å². The number of amides is 1. The van der Waals surface area contributed by atoms with Crippen LogP contribution in [0.5, 0.6) is 0 Å². The van der Waals surface area contributed by atoms with Gasteiger partial charge in [0.2, 0.25) is 5.91 Å². The predicted octanol–water partition coefficient (Wildman–Crippen LogP) is 4.46. The highest BCUT2D eigenvalue weighted by molar-refractivity contribution is 7.13. The molecule has 0 saturated heterocycles. The molecule has 112 valence electrons. The zero-order chi connectivity index (χ0) is 15.5. The molecule has 1 aromatic heterocycles. The Morgan fingerprint density at radius 3 is 2.62 bits per heavy atom. The van der Waals surface area contributed by atoms with Gasteiger partial charge in [-0.15, -0.1) is 11.3 Å². The number of carbonyl (C=O) groups excluding carboxylic acids is 1. The average molecular weight is 313 g/mol. The second-order valence-corrected chi connectivity index (χ2v) is 5.36. The largest absolute Gasteiger partial charge is 0.417 e. The van der Waals surface area contributed by atoms with Gasteiger partial charge in [0.1, 0.15) is 0 Å². The van der Waals surface area contributed by atoms with Crippen LogP contribution >= 0.6 is 11.3 Å². The van der Waals surface area contributed by atoms with Gasteiger partial charge >= 0.3 is 6.18 Å². The van der Waals surface area contributed by atoms with E-state index in [0.717, 1.165) is 17.4 Å². The number of hydrogen-bond acceptors (Lipinski definition) is 2. The maximum absolute atomic E-state index is 13.0. The van der Waals surface area contributed by atoms with E-state index in [9.17, 15) is 18.0 Å². The molecule has 0 atom stereocenters. The van der Waals surface area contributed by atoms with Crippen molar-refractivity contribution in [3.05, 3.63) is 46.8 Å². The van der Waals surface area contributed by atoms with Gasteiger partial charge in [0.05, 0.1) is 5.56 Å². The highest BCUT2D eigenvalue weighted by Gasteiger charge is 2.34. The van der Waals surface area contributed by atoms with Gasteiger partial charge in [-0.1, -0.05) is 31.2 Å². The van der Waals surface area contributed by atoms with Crippen molar-refractivity contribution in [1.82, 2.24) is 5.32 Å². The number of rotatable bonds is 4. The zero-order valence-electron chi connectivity index (χ0n) is 11.3. The molecule has 2 rings (SSSR count). The Balaban J connectivity index is 2.37. The van der Waals surface area contributed by atoms with Gasteiger partial charge in [-0.25, -0.2) is 0 Å². The summed E-state index contributed by atoms with van der Waals surface area (Å²) in [5, 5.41) is 4.12. The normalized spacial score (nSPS) is 11.4. The highest BCUT2D eigenvalue weighted by atomic mass is 32.1. The summed E-state index contributed by atoms with van der Waals surface area (Å²) in [6, 6.07) is 7.90.